The summed E-state index contributed by atoms with van der Waals surface area (Å²) < 4.78 is 40.7. The quantitative estimate of drug-likeness (QED) is 0.0632. The number of thiazole rings is 1. The molecule has 2 aliphatic heterocycles. The average molecular weight is 1040 g/mol. The van der Waals surface area contributed by atoms with Gasteiger partial charge in [0, 0.05) is 62.2 Å². The topological polar surface area (TPSA) is 199 Å². The standard InChI is InChI=1S/C52H70FN11O5S3/c1-10-42(47(66)57-33(2)37-14-16-38(17-15-37)44-34(3)56-32-70-44)61(8)48(67)45(59-49(68)51(4,5)53)52(6,7)71-31-35-20-24-63(25-21-35)30-36-12-11-13-41(28-36)72(54,69)64-26-22-40(23-27-64)58-50-55-29-39-18-19-43(65)62(9)46(39)60-50/h11-19,28-29,32-33,35,40,42,45,54H,10,20-27,30-31H2,1-9H3,(H,57,66)(H,59,68)(H,55,58,60)/t33?,42-,45+,72?/m0/s1. The highest BCUT2D eigenvalue weighted by molar-refractivity contribution is 8.00. The summed E-state index contributed by atoms with van der Waals surface area (Å²) in [5.74, 6) is -0.239. The molecule has 3 amide bonds. The number of likely N-dealkylation sites (tertiary alicyclic amines) is 1. The number of thioether (sulfide) groups is 1. The SMILES string of the molecule is CC[C@@H](C(=O)NC(C)c1ccc(-c2scnc2C)cc1)N(C)C(=O)[C@@H](NC(=O)C(C)(C)F)C(C)(C)SCC1CCN(Cc2cccc(S(=N)(=O)N3CCC(Nc4ncc5ccc(=O)n(C)c5n4)CC3)c2)CC1. The van der Waals surface area contributed by atoms with Gasteiger partial charge in [-0.25, -0.2) is 27.7 Å². The number of rotatable bonds is 19. The molecule has 2 aliphatic rings. The van der Waals surface area contributed by atoms with Gasteiger partial charge in [-0.1, -0.05) is 43.3 Å². The largest absolute Gasteiger partial charge is 0.351 e. The van der Waals surface area contributed by atoms with Crippen LogP contribution in [-0.2, 0) is 37.9 Å². The van der Waals surface area contributed by atoms with Crippen molar-refractivity contribution in [3.05, 3.63) is 99.5 Å². The van der Waals surface area contributed by atoms with Crippen LogP contribution in [0.3, 0.4) is 0 Å². The van der Waals surface area contributed by atoms with Gasteiger partial charge in [0.1, 0.15) is 27.6 Å². The van der Waals surface area contributed by atoms with Gasteiger partial charge in [-0.15, -0.1) is 11.3 Å². The van der Waals surface area contributed by atoms with Gasteiger partial charge >= 0.3 is 0 Å². The second-order valence-corrected chi connectivity index (χ2v) is 24.8. The number of nitrogens with one attached hydrogen (secondary N) is 4. The lowest BCUT2D eigenvalue weighted by Crippen LogP contribution is -2.61. The number of hydrogen-bond acceptors (Lipinski definition) is 13. The number of halogens is 1. The fourth-order valence-corrected chi connectivity index (χ4v) is 13.1. The molecule has 0 saturated carbocycles. The molecule has 72 heavy (non-hydrogen) atoms. The third-order valence-electron chi connectivity index (χ3n) is 14.1. The van der Waals surface area contributed by atoms with Gasteiger partial charge in [0.05, 0.1) is 27.0 Å². The molecule has 5 heterocycles. The number of alkyl halides is 1. The van der Waals surface area contributed by atoms with Gasteiger partial charge in [0.15, 0.2) is 5.67 Å². The van der Waals surface area contributed by atoms with Crippen molar-refractivity contribution >= 4 is 67.7 Å². The van der Waals surface area contributed by atoms with Gasteiger partial charge in [-0.3, -0.25) is 28.6 Å². The lowest BCUT2D eigenvalue weighted by atomic mass is 9.98. The lowest BCUT2D eigenvalue weighted by molar-refractivity contribution is -0.144. The normalized spacial score (nSPS) is 17.7. The van der Waals surface area contributed by atoms with Gasteiger partial charge in [-0.05, 0) is 133 Å². The fourth-order valence-electron chi connectivity index (χ4n) is 9.33. The van der Waals surface area contributed by atoms with Crippen LogP contribution in [0, 0.1) is 17.6 Å². The van der Waals surface area contributed by atoms with Crippen LogP contribution >= 0.6 is 23.1 Å². The molecule has 20 heteroatoms. The van der Waals surface area contributed by atoms with Crippen molar-refractivity contribution in [1.29, 1.82) is 4.78 Å². The molecule has 4 N–H and O–H groups in total. The number of piperidine rings is 2. The van der Waals surface area contributed by atoms with Gasteiger partial charge < -0.3 is 20.9 Å². The van der Waals surface area contributed by atoms with Crippen molar-refractivity contribution in [3.8, 4) is 10.4 Å². The number of aryl methyl sites for hydroxylation is 2. The van der Waals surface area contributed by atoms with Crippen molar-refractivity contribution in [1.82, 2.24) is 44.3 Å². The van der Waals surface area contributed by atoms with E-state index in [1.807, 2.05) is 82.6 Å². The maximum Gasteiger partial charge on any atom is 0.257 e. The third-order valence-corrected chi connectivity index (χ3v) is 18.6. The van der Waals surface area contributed by atoms with E-state index in [9.17, 15) is 23.4 Å². The Bertz CT molecular complexity index is 2890. The molecule has 0 aliphatic carbocycles. The average Bonchev–Trinajstić information content (AvgIpc) is 3.79. The summed E-state index contributed by atoms with van der Waals surface area (Å²) >= 11 is 3.14. The number of pyridine rings is 1. The monoisotopic (exact) mass is 1040 g/mol. The summed E-state index contributed by atoms with van der Waals surface area (Å²) in [5, 5.41) is 9.96. The Morgan fingerprint density at radius 2 is 1.68 bits per heavy atom. The number of aromatic nitrogens is 4. The van der Waals surface area contributed by atoms with Crippen LogP contribution in [0.1, 0.15) is 96.5 Å². The minimum atomic E-state index is -3.24. The van der Waals surface area contributed by atoms with Crippen LogP contribution in [0.15, 0.2) is 82.1 Å². The Kier molecular flexibility index (Phi) is 17.3. The predicted molar refractivity (Wildman–Crippen MR) is 286 cm³/mol. The fraction of sp³-hybridized carbons (Fsp3) is 0.519. The molecule has 2 fully saturated rings. The first-order chi connectivity index (χ1) is 34.0. The second kappa shape index (κ2) is 22.9. The zero-order valence-electron chi connectivity index (χ0n) is 42.9. The maximum atomic E-state index is 15.1. The van der Waals surface area contributed by atoms with Crippen molar-refractivity contribution in [2.75, 3.05) is 44.3 Å². The van der Waals surface area contributed by atoms with E-state index in [-0.39, 0.29) is 23.6 Å². The highest BCUT2D eigenvalue weighted by Gasteiger charge is 2.43. The first-order valence-corrected chi connectivity index (χ1v) is 28.1. The van der Waals surface area contributed by atoms with E-state index < -0.39 is 44.2 Å². The summed E-state index contributed by atoms with van der Waals surface area (Å²) in [6.45, 7) is 15.0. The Labute approximate surface area is 431 Å². The summed E-state index contributed by atoms with van der Waals surface area (Å²) in [6, 6.07) is 16.5. The minimum absolute atomic E-state index is 0.0249. The van der Waals surface area contributed by atoms with Crippen molar-refractivity contribution in [2.24, 2.45) is 13.0 Å². The number of carbonyl (C=O) groups is 3. The van der Waals surface area contributed by atoms with Crippen molar-refractivity contribution < 1.29 is 23.0 Å². The summed E-state index contributed by atoms with van der Waals surface area (Å²) in [4.78, 5) is 72.4. The molecule has 0 spiro atoms. The number of nitrogens with zero attached hydrogens (tertiary/aromatic N) is 7. The molecule has 2 unspecified atom stereocenters. The lowest BCUT2D eigenvalue weighted by Gasteiger charge is -2.40. The van der Waals surface area contributed by atoms with E-state index in [0.29, 0.717) is 67.1 Å². The molecule has 5 aromatic rings. The summed E-state index contributed by atoms with van der Waals surface area (Å²) in [5.41, 5.74) is 3.89. The molecule has 3 aromatic heterocycles. The first kappa shape index (κ1) is 54.5. The molecular weight excluding hydrogens is 974 g/mol. The van der Waals surface area contributed by atoms with Crippen molar-refractivity contribution in [3.63, 3.8) is 0 Å². The second-order valence-electron chi connectivity index (χ2n) is 20.2. The molecule has 2 saturated heterocycles. The Hall–Kier alpha value is -5.28. The van der Waals surface area contributed by atoms with Gasteiger partial charge in [-0.2, -0.15) is 16.7 Å². The summed E-state index contributed by atoms with van der Waals surface area (Å²) in [7, 11) is 0.00857. The maximum absolute atomic E-state index is 15.1. The molecular formula is C52H70FN11O5S3. The van der Waals surface area contributed by atoms with Crippen LogP contribution in [0.2, 0.25) is 0 Å². The molecule has 4 atom stereocenters. The van der Waals surface area contributed by atoms with Crippen LogP contribution < -0.4 is 21.5 Å². The Morgan fingerprint density at radius 3 is 2.32 bits per heavy atom. The van der Waals surface area contributed by atoms with Crippen LogP contribution in [0.5, 0.6) is 0 Å². The van der Waals surface area contributed by atoms with Crippen LogP contribution in [-0.4, -0.2) is 123 Å². The van der Waals surface area contributed by atoms with E-state index in [4.69, 9.17) is 4.78 Å². The van der Waals surface area contributed by atoms with E-state index >= 15 is 4.39 Å². The predicted octanol–water partition coefficient (Wildman–Crippen LogP) is 7.73. The first-order valence-electron chi connectivity index (χ1n) is 24.7. The smallest absolute Gasteiger partial charge is 0.257 e. The number of benzene rings is 2. The molecule has 0 bridgehead atoms. The number of hydrogen-bond donors (Lipinski definition) is 4. The highest BCUT2D eigenvalue weighted by atomic mass is 32.2. The number of amides is 3. The van der Waals surface area contributed by atoms with Gasteiger partial charge in [0.2, 0.25) is 17.8 Å². The zero-order valence-corrected chi connectivity index (χ0v) is 45.3. The van der Waals surface area contributed by atoms with E-state index in [1.165, 1.54) is 15.5 Å². The van der Waals surface area contributed by atoms with Crippen LogP contribution in [0.25, 0.3) is 21.5 Å². The van der Waals surface area contributed by atoms with E-state index in [1.54, 1.807) is 59.8 Å². The molecule has 0 radical (unpaired) electrons. The minimum Gasteiger partial charge on any atom is -0.351 e. The molecule has 388 valence electrons. The number of carbonyl (C=O) groups excluding carboxylic acids is 3. The summed E-state index contributed by atoms with van der Waals surface area (Å²) in [6.07, 6.45) is 5.11. The highest BCUT2D eigenvalue weighted by Crippen LogP contribution is 2.35. The number of fused-ring (bicyclic) bond motifs is 1. The van der Waals surface area contributed by atoms with Gasteiger partial charge in [0.25, 0.3) is 11.5 Å². The Morgan fingerprint density at radius 1 is 0.986 bits per heavy atom. The number of likely N-dealkylation sites (N-methyl/N-ethyl adjacent to an activating group) is 1. The molecule has 7 rings (SSSR count). The third kappa shape index (κ3) is 12.9. The molecule has 2 aromatic carbocycles. The van der Waals surface area contributed by atoms with E-state index in [0.717, 1.165) is 72.4 Å². The van der Waals surface area contributed by atoms with E-state index in [2.05, 4.69) is 35.8 Å². The zero-order chi connectivity index (χ0) is 52.1. The molecule has 16 nitrogen and oxygen atoms in total. The number of anilines is 1. The van der Waals surface area contributed by atoms with Crippen molar-refractivity contribution in [2.45, 2.75) is 127 Å². The Balaban J connectivity index is 0.910. The van der Waals surface area contributed by atoms with Crippen LogP contribution in [0.4, 0.5) is 10.3 Å².